The molecule has 2 aromatic rings. The van der Waals surface area contributed by atoms with E-state index in [9.17, 15) is 0 Å². The lowest BCUT2D eigenvalue weighted by Crippen LogP contribution is -2.31. The van der Waals surface area contributed by atoms with Gasteiger partial charge in [0, 0.05) is 11.4 Å². The Morgan fingerprint density at radius 2 is 1.91 bits per heavy atom. The minimum atomic E-state index is -0.0532. The monoisotopic (exact) mass is 329 g/mol. The summed E-state index contributed by atoms with van der Waals surface area (Å²) in [5.41, 5.74) is 10.1. The maximum atomic E-state index is 6.33. The van der Waals surface area contributed by atoms with Gasteiger partial charge in [-0.05, 0) is 36.3 Å². The molecule has 22 heavy (non-hydrogen) atoms. The number of aryl methyl sites for hydroxylation is 1. The largest absolute Gasteiger partial charge is 0.375 e. The highest BCUT2D eigenvalue weighted by Crippen LogP contribution is 2.35. The second-order valence-corrected chi connectivity index (χ2v) is 6.16. The van der Waals surface area contributed by atoms with Crippen LogP contribution in [-0.2, 0) is 0 Å². The van der Waals surface area contributed by atoms with Gasteiger partial charge in [0.05, 0.1) is 11.8 Å². The maximum Gasteiger partial charge on any atom is 0.187 e. The summed E-state index contributed by atoms with van der Waals surface area (Å²) in [6.45, 7) is 2.06. The number of rotatable bonds is 2. The zero-order valence-electron chi connectivity index (χ0n) is 12.2. The maximum absolute atomic E-state index is 6.33. The Balaban J connectivity index is 1.96. The summed E-state index contributed by atoms with van der Waals surface area (Å²) in [4.78, 5) is 0. The average molecular weight is 330 g/mol. The van der Waals surface area contributed by atoms with E-state index in [1.54, 1.807) is 5.01 Å². The molecular formula is C17H16ClN3S. The van der Waals surface area contributed by atoms with Crippen LogP contribution in [0.25, 0.3) is 0 Å². The highest BCUT2D eigenvalue weighted by molar-refractivity contribution is 7.80. The van der Waals surface area contributed by atoms with E-state index < -0.39 is 0 Å². The number of thiocarbonyl (C=S) groups is 1. The molecule has 5 heteroatoms. The van der Waals surface area contributed by atoms with Crippen molar-refractivity contribution in [1.29, 1.82) is 0 Å². The topological polar surface area (TPSA) is 41.6 Å². The highest BCUT2D eigenvalue weighted by atomic mass is 35.5. The molecule has 2 N–H and O–H groups in total. The molecule has 0 amide bonds. The minimum absolute atomic E-state index is 0.0532. The average Bonchev–Trinajstić information content (AvgIpc) is 2.93. The summed E-state index contributed by atoms with van der Waals surface area (Å²) in [5.74, 6) is 0. The molecule has 3 rings (SSSR count). The van der Waals surface area contributed by atoms with Crippen molar-refractivity contribution < 1.29 is 0 Å². The van der Waals surface area contributed by atoms with Crippen molar-refractivity contribution in [3.63, 3.8) is 0 Å². The summed E-state index contributed by atoms with van der Waals surface area (Å²) in [6.07, 6.45) is 0.726. The molecule has 0 fully saturated rings. The lowest BCUT2D eigenvalue weighted by molar-refractivity contribution is 0.373. The fraction of sp³-hybridized carbons (Fsp3) is 0.176. The van der Waals surface area contributed by atoms with Gasteiger partial charge >= 0.3 is 0 Å². The van der Waals surface area contributed by atoms with Crippen molar-refractivity contribution >= 4 is 34.6 Å². The number of hydrogen-bond donors (Lipinski definition) is 1. The predicted molar refractivity (Wildman–Crippen MR) is 95.2 cm³/mol. The molecule has 2 aromatic carbocycles. The van der Waals surface area contributed by atoms with Crippen LogP contribution in [0.2, 0.25) is 5.02 Å². The van der Waals surface area contributed by atoms with Crippen molar-refractivity contribution in [3.05, 3.63) is 70.2 Å². The molecule has 0 aliphatic carbocycles. The predicted octanol–water partition coefficient (Wildman–Crippen LogP) is 4.04. The van der Waals surface area contributed by atoms with Crippen molar-refractivity contribution in [2.75, 3.05) is 0 Å². The van der Waals surface area contributed by atoms with E-state index in [0.29, 0.717) is 5.02 Å². The molecule has 0 saturated carbocycles. The van der Waals surface area contributed by atoms with Crippen molar-refractivity contribution in [3.8, 4) is 0 Å². The molecule has 112 valence electrons. The highest BCUT2D eigenvalue weighted by Gasteiger charge is 2.31. The Morgan fingerprint density at radius 1 is 1.23 bits per heavy atom. The van der Waals surface area contributed by atoms with Crippen LogP contribution in [0.5, 0.6) is 0 Å². The zero-order chi connectivity index (χ0) is 15.7. The zero-order valence-corrected chi connectivity index (χ0v) is 13.7. The van der Waals surface area contributed by atoms with Crippen molar-refractivity contribution in [2.24, 2.45) is 10.8 Å². The normalized spacial score (nSPS) is 17.5. The molecular weight excluding hydrogens is 314 g/mol. The van der Waals surface area contributed by atoms with Gasteiger partial charge in [-0.3, -0.25) is 0 Å². The number of hydrogen-bond acceptors (Lipinski definition) is 2. The second-order valence-electron chi connectivity index (χ2n) is 5.34. The third kappa shape index (κ3) is 2.85. The van der Waals surface area contributed by atoms with Gasteiger partial charge in [-0.1, -0.05) is 59.6 Å². The molecule has 0 radical (unpaired) electrons. The number of halogens is 1. The van der Waals surface area contributed by atoms with E-state index in [1.165, 1.54) is 5.56 Å². The quantitative estimate of drug-likeness (QED) is 0.845. The van der Waals surface area contributed by atoms with Gasteiger partial charge < -0.3 is 5.73 Å². The molecule has 0 saturated heterocycles. The third-order valence-electron chi connectivity index (χ3n) is 3.79. The number of nitrogens with zero attached hydrogens (tertiary/aromatic N) is 2. The van der Waals surface area contributed by atoms with E-state index in [1.807, 2.05) is 24.3 Å². The summed E-state index contributed by atoms with van der Waals surface area (Å²) in [6, 6.07) is 16.0. The first-order valence-electron chi connectivity index (χ1n) is 7.04. The summed E-state index contributed by atoms with van der Waals surface area (Å²) < 4.78 is 0. The Hall–Kier alpha value is -1.91. The molecule has 1 aliphatic rings. The van der Waals surface area contributed by atoms with Crippen LogP contribution in [0, 0.1) is 6.92 Å². The number of hydrazone groups is 1. The lowest BCUT2D eigenvalue weighted by atomic mass is 9.98. The van der Waals surface area contributed by atoms with Crippen molar-refractivity contribution in [1.82, 2.24) is 5.01 Å². The first-order chi connectivity index (χ1) is 10.6. The van der Waals surface area contributed by atoms with E-state index in [-0.39, 0.29) is 11.2 Å². The van der Waals surface area contributed by atoms with Gasteiger partial charge in [0.1, 0.15) is 0 Å². The fourth-order valence-electron chi connectivity index (χ4n) is 2.62. The SMILES string of the molecule is Cc1ccc(C2=NN(C(N)=S)[C@H](c3ccccc3Cl)C2)cc1. The van der Waals surface area contributed by atoms with E-state index in [4.69, 9.17) is 29.6 Å². The number of nitrogens with two attached hydrogens (primary N) is 1. The lowest BCUT2D eigenvalue weighted by Gasteiger charge is -2.22. The van der Waals surface area contributed by atoms with Gasteiger partial charge in [0.25, 0.3) is 0 Å². The molecule has 1 atom stereocenters. The van der Waals surface area contributed by atoms with Gasteiger partial charge in [-0.2, -0.15) is 5.10 Å². The van der Waals surface area contributed by atoms with Crippen LogP contribution in [0.4, 0.5) is 0 Å². The standard InChI is InChI=1S/C17H16ClN3S/c1-11-6-8-12(9-7-11)15-10-16(21(20-15)17(19)22)13-4-2-3-5-14(13)18/h2-9,16H,10H2,1H3,(H2,19,22)/t16-/m0/s1. The van der Waals surface area contributed by atoms with Gasteiger partial charge in [-0.15, -0.1) is 0 Å². The Morgan fingerprint density at radius 3 is 2.55 bits per heavy atom. The van der Waals surface area contributed by atoms with Crippen LogP contribution >= 0.6 is 23.8 Å². The summed E-state index contributed by atoms with van der Waals surface area (Å²) in [7, 11) is 0. The molecule has 3 nitrogen and oxygen atoms in total. The Kier molecular flexibility index (Phi) is 4.14. The molecule has 0 unspecified atom stereocenters. The molecule has 0 aromatic heterocycles. The van der Waals surface area contributed by atoms with Crippen molar-refractivity contribution in [2.45, 2.75) is 19.4 Å². The van der Waals surface area contributed by atoms with E-state index in [0.717, 1.165) is 23.3 Å². The summed E-state index contributed by atoms with van der Waals surface area (Å²) in [5, 5.41) is 7.26. The fourth-order valence-corrected chi connectivity index (χ4v) is 3.05. The third-order valence-corrected chi connectivity index (χ3v) is 4.32. The minimum Gasteiger partial charge on any atom is -0.375 e. The van der Waals surface area contributed by atoms with Gasteiger partial charge in [0.2, 0.25) is 0 Å². The van der Waals surface area contributed by atoms with Gasteiger partial charge in [0.15, 0.2) is 5.11 Å². The first-order valence-corrected chi connectivity index (χ1v) is 7.82. The summed E-state index contributed by atoms with van der Waals surface area (Å²) >= 11 is 11.5. The van der Waals surface area contributed by atoms with Crippen LogP contribution in [0.3, 0.4) is 0 Å². The van der Waals surface area contributed by atoms with Crippen LogP contribution in [0.15, 0.2) is 53.6 Å². The smallest absolute Gasteiger partial charge is 0.187 e. The van der Waals surface area contributed by atoms with Crippen LogP contribution in [-0.4, -0.2) is 15.8 Å². The van der Waals surface area contributed by atoms with Crippen LogP contribution in [0.1, 0.15) is 29.2 Å². The molecule has 1 aliphatic heterocycles. The Bertz CT molecular complexity index is 740. The molecule has 0 bridgehead atoms. The van der Waals surface area contributed by atoms with Crippen LogP contribution < -0.4 is 5.73 Å². The Labute approximate surface area is 140 Å². The first kappa shape index (κ1) is 15.0. The molecule has 0 spiro atoms. The second kappa shape index (κ2) is 6.07. The molecule has 1 heterocycles. The van der Waals surface area contributed by atoms with E-state index >= 15 is 0 Å². The number of benzene rings is 2. The van der Waals surface area contributed by atoms with E-state index in [2.05, 4.69) is 36.3 Å². The van der Waals surface area contributed by atoms with Gasteiger partial charge in [-0.25, -0.2) is 5.01 Å².